The molecule has 1 N–H and O–H groups in total. The Labute approximate surface area is 103 Å². The summed E-state index contributed by atoms with van der Waals surface area (Å²) in [5.41, 5.74) is 0.292. The SMILES string of the molecule is C=CC(C)(CCCCCCCC)CNCC. The van der Waals surface area contributed by atoms with E-state index < -0.39 is 0 Å². The maximum Gasteiger partial charge on any atom is 0.00396 e. The molecule has 0 fully saturated rings. The molecule has 1 nitrogen and oxygen atoms in total. The van der Waals surface area contributed by atoms with E-state index in [-0.39, 0.29) is 0 Å². The fourth-order valence-corrected chi connectivity index (χ4v) is 1.98. The van der Waals surface area contributed by atoms with Gasteiger partial charge in [0.15, 0.2) is 0 Å². The first-order chi connectivity index (χ1) is 7.68. The highest BCUT2D eigenvalue weighted by Crippen LogP contribution is 2.25. The van der Waals surface area contributed by atoms with Crippen molar-refractivity contribution in [3.63, 3.8) is 0 Å². The van der Waals surface area contributed by atoms with Crippen molar-refractivity contribution in [3.8, 4) is 0 Å². The van der Waals surface area contributed by atoms with Gasteiger partial charge in [0.2, 0.25) is 0 Å². The Kier molecular flexibility index (Phi) is 9.71. The molecular weight excluding hydrogens is 194 g/mol. The van der Waals surface area contributed by atoms with Crippen LogP contribution in [-0.4, -0.2) is 13.1 Å². The van der Waals surface area contributed by atoms with E-state index in [2.05, 4.69) is 38.7 Å². The molecule has 0 saturated heterocycles. The minimum absolute atomic E-state index is 0.292. The zero-order chi connectivity index (χ0) is 12.3. The van der Waals surface area contributed by atoms with E-state index in [0.29, 0.717) is 5.41 Å². The fraction of sp³-hybridized carbons (Fsp3) is 0.867. The highest BCUT2D eigenvalue weighted by Gasteiger charge is 2.18. The van der Waals surface area contributed by atoms with Crippen LogP contribution in [0.1, 0.15) is 65.7 Å². The number of nitrogens with one attached hydrogen (secondary N) is 1. The van der Waals surface area contributed by atoms with Crippen LogP contribution in [0.4, 0.5) is 0 Å². The van der Waals surface area contributed by atoms with Gasteiger partial charge in [-0.15, -0.1) is 6.58 Å². The normalized spacial score (nSPS) is 14.7. The van der Waals surface area contributed by atoms with E-state index in [1.54, 1.807) is 0 Å². The van der Waals surface area contributed by atoms with Crippen LogP contribution in [0.15, 0.2) is 12.7 Å². The van der Waals surface area contributed by atoms with Crippen LogP contribution in [0, 0.1) is 5.41 Å². The van der Waals surface area contributed by atoms with Crippen molar-refractivity contribution >= 4 is 0 Å². The van der Waals surface area contributed by atoms with Crippen LogP contribution < -0.4 is 5.32 Å². The molecule has 0 aliphatic carbocycles. The summed E-state index contributed by atoms with van der Waals surface area (Å²) in [5, 5.41) is 3.43. The molecule has 16 heavy (non-hydrogen) atoms. The van der Waals surface area contributed by atoms with E-state index >= 15 is 0 Å². The molecule has 0 aromatic heterocycles. The predicted molar refractivity (Wildman–Crippen MR) is 74.8 cm³/mol. The third-order valence-electron chi connectivity index (χ3n) is 3.37. The highest BCUT2D eigenvalue weighted by molar-refractivity contribution is 4.92. The largest absolute Gasteiger partial charge is 0.316 e. The van der Waals surface area contributed by atoms with E-state index in [0.717, 1.165) is 13.1 Å². The first-order valence-electron chi connectivity index (χ1n) is 7.03. The van der Waals surface area contributed by atoms with Crippen LogP contribution in [0.25, 0.3) is 0 Å². The molecule has 0 bridgehead atoms. The van der Waals surface area contributed by atoms with Gasteiger partial charge in [-0.2, -0.15) is 0 Å². The van der Waals surface area contributed by atoms with Crippen molar-refractivity contribution in [2.45, 2.75) is 65.7 Å². The summed E-state index contributed by atoms with van der Waals surface area (Å²) in [6.07, 6.45) is 11.7. The zero-order valence-corrected chi connectivity index (χ0v) is 11.6. The van der Waals surface area contributed by atoms with E-state index in [9.17, 15) is 0 Å². The minimum Gasteiger partial charge on any atom is -0.316 e. The van der Waals surface area contributed by atoms with E-state index in [1.165, 1.54) is 44.9 Å². The smallest absolute Gasteiger partial charge is 0.00396 e. The molecule has 1 unspecified atom stereocenters. The summed E-state index contributed by atoms with van der Waals surface area (Å²) in [4.78, 5) is 0. The molecule has 0 amide bonds. The molecule has 0 saturated carbocycles. The molecule has 0 rings (SSSR count). The lowest BCUT2D eigenvalue weighted by Crippen LogP contribution is -2.30. The van der Waals surface area contributed by atoms with Gasteiger partial charge in [-0.25, -0.2) is 0 Å². The summed E-state index contributed by atoms with van der Waals surface area (Å²) in [6.45, 7) is 12.8. The standard InChI is InChI=1S/C15H31N/c1-5-8-9-10-11-12-13-15(4,6-2)14-16-7-3/h6,16H,2,5,7-14H2,1,3-4H3. The van der Waals surface area contributed by atoms with Crippen molar-refractivity contribution in [1.29, 1.82) is 0 Å². The third-order valence-corrected chi connectivity index (χ3v) is 3.37. The Morgan fingerprint density at radius 3 is 2.25 bits per heavy atom. The maximum absolute atomic E-state index is 3.97. The van der Waals surface area contributed by atoms with Crippen molar-refractivity contribution in [2.75, 3.05) is 13.1 Å². The summed E-state index contributed by atoms with van der Waals surface area (Å²) in [7, 11) is 0. The maximum atomic E-state index is 3.97. The quantitative estimate of drug-likeness (QED) is 0.402. The lowest BCUT2D eigenvalue weighted by molar-refractivity contribution is 0.351. The van der Waals surface area contributed by atoms with Gasteiger partial charge in [0.25, 0.3) is 0 Å². The number of rotatable bonds is 11. The molecule has 0 aromatic rings. The van der Waals surface area contributed by atoms with Gasteiger partial charge in [0, 0.05) is 6.54 Å². The topological polar surface area (TPSA) is 12.0 Å². The second kappa shape index (κ2) is 9.89. The second-order valence-corrected chi connectivity index (χ2v) is 5.16. The van der Waals surface area contributed by atoms with Gasteiger partial charge in [0.1, 0.15) is 0 Å². The monoisotopic (exact) mass is 225 g/mol. The molecule has 1 heteroatoms. The first kappa shape index (κ1) is 15.7. The summed E-state index contributed by atoms with van der Waals surface area (Å²) in [6, 6.07) is 0. The molecule has 0 radical (unpaired) electrons. The van der Waals surface area contributed by atoms with Crippen LogP contribution in [0.5, 0.6) is 0 Å². The van der Waals surface area contributed by atoms with Crippen LogP contribution in [-0.2, 0) is 0 Å². The highest BCUT2D eigenvalue weighted by atomic mass is 14.9. The van der Waals surface area contributed by atoms with Crippen molar-refractivity contribution < 1.29 is 0 Å². The first-order valence-corrected chi connectivity index (χ1v) is 7.03. The predicted octanol–water partition coefficient (Wildman–Crippen LogP) is 4.54. The zero-order valence-electron chi connectivity index (χ0n) is 11.6. The van der Waals surface area contributed by atoms with Gasteiger partial charge < -0.3 is 5.32 Å². The van der Waals surface area contributed by atoms with Crippen LogP contribution >= 0.6 is 0 Å². The fourth-order valence-electron chi connectivity index (χ4n) is 1.98. The number of unbranched alkanes of at least 4 members (excludes halogenated alkanes) is 5. The van der Waals surface area contributed by atoms with Gasteiger partial charge >= 0.3 is 0 Å². The Balaban J connectivity index is 3.57. The molecular formula is C15H31N. The molecule has 1 atom stereocenters. The van der Waals surface area contributed by atoms with Gasteiger partial charge in [0.05, 0.1) is 0 Å². The van der Waals surface area contributed by atoms with Crippen molar-refractivity contribution in [1.82, 2.24) is 5.32 Å². The Hall–Kier alpha value is -0.300. The van der Waals surface area contributed by atoms with Crippen molar-refractivity contribution in [2.24, 2.45) is 5.41 Å². The van der Waals surface area contributed by atoms with Crippen LogP contribution in [0.2, 0.25) is 0 Å². The average molecular weight is 225 g/mol. The van der Waals surface area contributed by atoms with E-state index in [4.69, 9.17) is 0 Å². The summed E-state index contributed by atoms with van der Waals surface area (Å²) in [5.74, 6) is 0. The molecule has 0 aliphatic heterocycles. The number of hydrogen-bond acceptors (Lipinski definition) is 1. The van der Waals surface area contributed by atoms with Gasteiger partial charge in [-0.1, -0.05) is 65.4 Å². The summed E-state index contributed by atoms with van der Waals surface area (Å²) < 4.78 is 0. The second-order valence-electron chi connectivity index (χ2n) is 5.16. The van der Waals surface area contributed by atoms with Crippen LogP contribution in [0.3, 0.4) is 0 Å². The van der Waals surface area contributed by atoms with Gasteiger partial charge in [-0.3, -0.25) is 0 Å². The number of hydrogen-bond donors (Lipinski definition) is 1. The molecule has 0 heterocycles. The Morgan fingerprint density at radius 1 is 1.06 bits per heavy atom. The molecule has 0 aliphatic rings. The van der Waals surface area contributed by atoms with E-state index in [1.807, 2.05) is 0 Å². The molecule has 0 aromatic carbocycles. The van der Waals surface area contributed by atoms with Gasteiger partial charge in [-0.05, 0) is 18.4 Å². The Morgan fingerprint density at radius 2 is 1.69 bits per heavy atom. The minimum atomic E-state index is 0.292. The molecule has 0 spiro atoms. The van der Waals surface area contributed by atoms with Crippen molar-refractivity contribution in [3.05, 3.63) is 12.7 Å². The third kappa shape index (κ3) is 7.92. The lowest BCUT2D eigenvalue weighted by Gasteiger charge is -2.26. The molecule has 96 valence electrons. The summed E-state index contributed by atoms with van der Waals surface area (Å²) >= 11 is 0. The Bertz CT molecular complexity index is 165. The average Bonchev–Trinajstić information content (AvgIpc) is 2.31. The lowest BCUT2D eigenvalue weighted by atomic mass is 9.84.